The van der Waals surface area contributed by atoms with Gasteiger partial charge < -0.3 is 4.74 Å². The highest BCUT2D eigenvalue weighted by Gasteiger charge is 2.66. The van der Waals surface area contributed by atoms with Crippen LogP contribution in [0.4, 0.5) is 17.6 Å². The Kier molecular flexibility index (Phi) is 4.58. The molecule has 10 heteroatoms. The van der Waals surface area contributed by atoms with Crippen LogP contribution in [-0.2, 0) is 18.9 Å². The molecule has 1 saturated carbocycles. The Bertz CT molecular complexity index is 282. The Labute approximate surface area is 97.1 Å². The molecular formula is C7H8F4O5S. The topological polar surface area (TPSA) is 65.0 Å². The number of halogens is 4. The van der Waals surface area contributed by atoms with E-state index >= 15 is 0 Å². The Balaban J connectivity index is 2.62. The molecule has 0 saturated heterocycles. The number of hydrogen-bond acceptors (Lipinski definition) is 6. The van der Waals surface area contributed by atoms with E-state index < -0.39 is 29.2 Å². The maximum absolute atomic E-state index is 13.4. The zero-order valence-electron chi connectivity index (χ0n) is 8.20. The molecule has 1 unspecified atom stereocenters. The van der Waals surface area contributed by atoms with E-state index in [0.29, 0.717) is 0 Å². The summed E-state index contributed by atoms with van der Waals surface area (Å²) in [5.41, 5.74) is 0. The number of esters is 1. The minimum absolute atomic E-state index is 0.0172. The van der Waals surface area contributed by atoms with Gasteiger partial charge in [0.05, 0.1) is 18.6 Å². The zero-order chi connectivity index (χ0) is 13.1. The number of carbonyl (C=O) groups is 1. The van der Waals surface area contributed by atoms with E-state index in [1.807, 2.05) is 0 Å². The van der Waals surface area contributed by atoms with Gasteiger partial charge >= 0.3 is 17.1 Å². The third kappa shape index (κ3) is 3.69. The molecule has 0 aliphatic heterocycles. The fraction of sp³-hybridized carbons (Fsp3) is 0.857. The molecular weight excluding hydrogens is 272 g/mol. The summed E-state index contributed by atoms with van der Waals surface area (Å²) in [6.07, 6.45) is -4.11. The minimum Gasteiger partial charge on any atom is -0.462 e. The summed E-state index contributed by atoms with van der Waals surface area (Å²) < 4.78 is 57.8. The van der Waals surface area contributed by atoms with E-state index in [1.165, 1.54) is 0 Å². The van der Waals surface area contributed by atoms with Gasteiger partial charge in [-0.25, -0.2) is 14.4 Å². The van der Waals surface area contributed by atoms with Crippen molar-refractivity contribution in [3.8, 4) is 0 Å². The van der Waals surface area contributed by atoms with Crippen LogP contribution in [0, 0.1) is 5.92 Å². The zero-order valence-corrected chi connectivity index (χ0v) is 9.02. The fourth-order valence-corrected chi connectivity index (χ4v) is 1.18. The largest absolute Gasteiger partial charge is 0.462 e. The summed E-state index contributed by atoms with van der Waals surface area (Å²) in [4.78, 5) is 11.0. The van der Waals surface area contributed by atoms with Crippen LogP contribution in [-0.4, -0.2) is 29.0 Å². The van der Waals surface area contributed by atoms with Crippen LogP contribution in [0.3, 0.4) is 0 Å². The first kappa shape index (κ1) is 14.5. The van der Waals surface area contributed by atoms with Gasteiger partial charge in [-0.1, -0.05) is 5.04 Å². The minimum atomic E-state index is -5.56. The van der Waals surface area contributed by atoms with E-state index in [2.05, 4.69) is 14.1 Å². The normalized spacial score (nSPS) is 19.8. The molecule has 0 aromatic carbocycles. The molecule has 0 spiro atoms. The standard InChI is InChI=1S/C7H8F4O5S/c8-6(7(9,10)11,17-16-15-13)5(12)14-3-4-1-2-4/h4,13H,1-3H2. The lowest BCUT2D eigenvalue weighted by atomic mass is 10.3. The smallest absolute Gasteiger partial charge is 0.446 e. The quantitative estimate of drug-likeness (QED) is 0.265. The second-order valence-electron chi connectivity index (χ2n) is 3.36. The van der Waals surface area contributed by atoms with Gasteiger partial charge in [0.1, 0.15) is 0 Å². The van der Waals surface area contributed by atoms with Crippen molar-refractivity contribution in [3.63, 3.8) is 0 Å². The summed E-state index contributed by atoms with van der Waals surface area (Å²) in [7, 11) is 0. The van der Waals surface area contributed by atoms with Crippen molar-refractivity contribution >= 4 is 18.0 Å². The first-order valence-corrected chi connectivity index (χ1v) is 5.14. The molecule has 1 aliphatic rings. The number of carbonyl (C=O) groups excluding carboxylic acids is 1. The summed E-state index contributed by atoms with van der Waals surface area (Å²) >= 11 is -1.03. The summed E-state index contributed by atoms with van der Waals surface area (Å²) in [6, 6.07) is 0. The van der Waals surface area contributed by atoms with Crippen molar-refractivity contribution in [2.45, 2.75) is 24.0 Å². The molecule has 1 rings (SSSR count). The third-order valence-corrected chi connectivity index (χ3v) is 2.71. The Morgan fingerprint density at radius 2 is 1.94 bits per heavy atom. The van der Waals surface area contributed by atoms with Gasteiger partial charge in [-0.05, 0) is 18.8 Å². The summed E-state index contributed by atoms with van der Waals surface area (Å²) in [6.45, 7) is -0.277. The highest BCUT2D eigenvalue weighted by atomic mass is 32.2. The Hall–Kier alpha value is -0.580. The van der Waals surface area contributed by atoms with Crippen molar-refractivity contribution in [2.24, 2.45) is 5.92 Å². The molecule has 0 aromatic rings. The lowest BCUT2D eigenvalue weighted by Crippen LogP contribution is -2.46. The lowest BCUT2D eigenvalue weighted by Gasteiger charge is -2.22. The lowest BCUT2D eigenvalue weighted by molar-refractivity contribution is -0.433. The van der Waals surface area contributed by atoms with Gasteiger partial charge in [0.2, 0.25) is 0 Å². The highest BCUT2D eigenvalue weighted by molar-refractivity contribution is 7.96. The molecule has 0 radical (unpaired) electrons. The SMILES string of the molecule is O=C(OCC1CC1)C(F)(SOOO)C(F)(F)F. The van der Waals surface area contributed by atoms with Gasteiger partial charge in [-0.2, -0.15) is 13.2 Å². The van der Waals surface area contributed by atoms with Crippen molar-refractivity contribution in [3.05, 3.63) is 0 Å². The first-order chi connectivity index (χ1) is 7.81. The van der Waals surface area contributed by atoms with Gasteiger partial charge in [0.25, 0.3) is 0 Å². The monoisotopic (exact) mass is 280 g/mol. The Morgan fingerprint density at radius 1 is 1.35 bits per heavy atom. The molecule has 0 amide bonds. The molecule has 1 atom stereocenters. The van der Waals surface area contributed by atoms with Crippen LogP contribution < -0.4 is 0 Å². The second-order valence-corrected chi connectivity index (χ2v) is 4.23. The van der Waals surface area contributed by atoms with Crippen LogP contribution >= 0.6 is 12.0 Å². The number of alkyl halides is 4. The van der Waals surface area contributed by atoms with E-state index in [9.17, 15) is 22.4 Å². The van der Waals surface area contributed by atoms with Crippen molar-refractivity contribution in [2.75, 3.05) is 6.61 Å². The van der Waals surface area contributed by atoms with Crippen LogP contribution in [0.15, 0.2) is 0 Å². The average molecular weight is 280 g/mol. The van der Waals surface area contributed by atoms with Crippen LogP contribution in [0.1, 0.15) is 12.8 Å². The molecule has 1 N–H and O–H groups in total. The van der Waals surface area contributed by atoms with Crippen molar-refractivity contribution in [1.29, 1.82) is 0 Å². The van der Waals surface area contributed by atoms with Crippen LogP contribution in [0.5, 0.6) is 0 Å². The van der Waals surface area contributed by atoms with Gasteiger partial charge in [0.15, 0.2) is 0 Å². The van der Waals surface area contributed by atoms with E-state index in [4.69, 9.17) is 5.26 Å². The van der Waals surface area contributed by atoms with E-state index in [1.54, 1.807) is 0 Å². The van der Waals surface area contributed by atoms with Gasteiger partial charge in [-0.3, -0.25) is 0 Å². The second kappa shape index (κ2) is 5.38. The van der Waals surface area contributed by atoms with Crippen LogP contribution in [0.2, 0.25) is 0 Å². The maximum atomic E-state index is 13.4. The first-order valence-electron chi connectivity index (χ1n) is 4.40. The maximum Gasteiger partial charge on any atom is 0.446 e. The number of hydrogen-bond donors (Lipinski definition) is 1. The molecule has 0 heterocycles. The highest BCUT2D eigenvalue weighted by Crippen LogP contribution is 2.44. The molecule has 5 nitrogen and oxygen atoms in total. The number of rotatable bonds is 6. The van der Waals surface area contributed by atoms with Gasteiger partial charge in [0, 0.05) is 0 Å². The molecule has 0 bridgehead atoms. The Morgan fingerprint density at radius 3 is 2.35 bits per heavy atom. The van der Waals surface area contributed by atoms with E-state index in [0.717, 1.165) is 12.8 Å². The fourth-order valence-electron chi connectivity index (χ4n) is 0.830. The number of ether oxygens (including phenoxy) is 1. The summed E-state index contributed by atoms with van der Waals surface area (Å²) in [5.74, 6) is -2.16. The predicted molar refractivity (Wildman–Crippen MR) is 46.0 cm³/mol. The third-order valence-electron chi connectivity index (χ3n) is 1.95. The van der Waals surface area contributed by atoms with E-state index in [-0.39, 0.29) is 12.5 Å². The molecule has 17 heavy (non-hydrogen) atoms. The van der Waals surface area contributed by atoms with Crippen molar-refractivity contribution in [1.82, 2.24) is 0 Å². The van der Waals surface area contributed by atoms with Crippen molar-refractivity contribution < 1.29 is 41.7 Å². The molecule has 0 aromatic heterocycles. The molecule has 1 fully saturated rings. The van der Waals surface area contributed by atoms with Crippen LogP contribution in [0.25, 0.3) is 0 Å². The molecule has 100 valence electrons. The van der Waals surface area contributed by atoms with Gasteiger partial charge in [-0.15, -0.1) is 4.33 Å². The summed E-state index contributed by atoms with van der Waals surface area (Å²) in [5, 5.41) is 6.07. The molecule has 1 aliphatic carbocycles. The average Bonchev–Trinajstić information content (AvgIpc) is 3.04. The predicted octanol–water partition coefficient (Wildman–Crippen LogP) is 2.24.